The number of phenols is 2. The van der Waals surface area contributed by atoms with E-state index in [0.717, 1.165) is 6.07 Å². The Kier molecular flexibility index (Phi) is 8.30. The van der Waals surface area contributed by atoms with Crippen LogP contribution in [-0.2, 0) is 29.3 Å². The van der Waals surface area contributed by atoms with Crippen molar-refractivity contribution in [2.75, 3.05) is 21.2 Å². The Labute approximate surface area is 288 Å². The summed E-state index contributed by atoms with van der Waals surface area (Å²) in [7, 11) is 5.37. The van der Waals surface area contributed by atoms with E-state index in [-0.39, 0.29) is 45.1 Å². The molecule has 10 atom stereocenters. The Morgan fingerprint density at radius 1 is 0.940 bits per heavy atom. The molecule has 1 aliphatic carbocycles. The molecule has 0 unspecified atom stereocenters. The average Bonchev–Trinajstić information content (AvgIpc) is 3.68. The quantitative estimate of drug-likeness (QED) is 0.250. The second-order valence-electron chi connectivity index (χ2n) is 14.6. The number of fused-ring (bicyclic) bond motifs is 4. The van der Waals surface area contributed by atoms with Gasteiger partial charge in [0.1, 0.15) is 40.5 Å². The lowest BCUT2D eigenvalue weighted by Gasteiger charge is -2.52. The van der Waals surface area contributed by atoms with Gasteiger partial charge in [-0.2, -0.15) is 0 Å². The number of nitrogens with zero attached hydrogens (tertiary/aromatic N) is 1. The standard InChI is InChI=1S/C37H43NO12/c1-15-30(41)23(45-8)13-26(47-15)49-35-16(2)46-24(14-36(35,4)38(6)7)18-9-10-19-27(32(18)43)33(44)28-20(31(19)42)11-21(39)29-22(40)12-25(48-34(28)29)37(5)17(3)50-37/h9-12,15-17,23-24,26,30,35,39,41,43H,13-14H2,1-8H3/t15-,16+,17+,23+,24+,26-,30+,35-,36+,37-/m1/s1. The van der Waals surface area contributed by atoms with Gasteiger partial charge in [-0.3, -0.25) is 14.4 Å². The Morgan fingerprint density at radius 2 is 1.64 bits per heavy atom. The van der Waals surface area contributed by atoms with Crippen LogP contribution in [0, 0.1) is 0 Å². The predicted molar refractivity (Wildman–Crippen MR) is 178 cm³/mol. The normalized spacial score (nSPS) is 35.3. The van der Waals surface area contributed by atoms with E-state index < -0.39 is 82.5 Å². The van der Waals surface area contributed by atoms with Gasteiger partial charge in [-0.05, 0) is 67.3 Å². The van der Waals surface area contributed by atoms with Gasteiger partial charge in [-0.25, -0.2) is 0 Å². The monoisotopic (exact) mass is 693 g/mol. The van der Waals surface area contributed by atoms with Crippen molar-refractivity contribution in [3.8, 4) is 11.5 Å². The summed E-state index contributed by atoms with van der Waals surface area (Å²) in [5, 5.41) is 32.9. The number of phenolic OH excluding ortho intramolecular Hbond substituents is 2. The molecule has 50 heavy (non-hydrogen) atoms. The molecule has 1 aromatic heterocycles. The minimum absolute atomic E-state index is 0.0500. The molecule has 268 valence electrons. The van der Waals surface area contributed by atoms with Gasteiger partial charge in [0, 0.05) is 41.8 Å². The Balaban J connectivity index is 1.26. The Bertz CT molecular complexity index is 1970. The van der Waals surface area contributed by atoms with E-state index in [0.29, 0.717) is 18.4 Å². The first-order valence-electron chi connectivity index (χ1n) is 16.8. The summed E-state index contributed by atoms with van der Waals surface area (Å²) in [6.45, 7) is 9.18. The van der Waals surface area contributed by atoms with Gasteiger partial charge < -0.3 is 48.3 Å². The Morgan fingerprint density at radius 3 is 2.28 bits per heavy atom. The highest BCUT2D eigenvalue weighted by Crippen LogP contribution is 2.49. The topological polar surface area (TPSA) is 178 Å². The third kappa shape index (κ3) is 5.13. The minimum Gasteiger partial charge on any atom is -0.507 e. The van der Waals surface area contributed by atoms with Crippen LogP contribution in [-0.4, -0.2) is 101 Å². The van der Waals surface area contributed by atoms with Crippen LogP contribution in [0.1, 0.15) is 96.7 Å². The van der Waals surface area contributed by atoms with Gasteiger partial charge in [0.25, 0.3) is 0 Å². The van der Waals surface area contributed by atoms with E-state index in [4.69, 9.17) is 28.1 Å². The SMILES string of the molecule is CO[C@H]1C[C@@H](O[C@@H]2[C@H](C)O[C@H](c3ccc4c(c3O)C(=O)c3c(cc(O)c5c(=O)cc([C@]6(C)O[C@H]6C)oc35)C4=O)C[C@]2(C)N(C)C)O[C@H](C)[C@@H]1O. The van der Waals surface area contributed by atoms with E-state index in [2.05, 4.69) is 0 Å². The summed E-state index contributed by atoms with van der Waals surface area (Å²) in [6, 6.07) is 5.36. The number of hydrogen-bond donors (Lipinski definition) is 3. The highest BCUT2D eigenvalue weighted by atomic mass is 16.7. The second-order valence-corrected chi connectivity index (χ2v) is 14.6. The number of epoxide rings is 1. The van der Waals surface area contributed by atoms with Gasteiger partial charge >= 0.3 is 0 Å². The van der Waals surface area contributed by atoms with Crippen LogP contribution in [0.25, 0.3) is 11.0 Å². The van der Waals surface area contributed by atoms with Crippen LogP contribution in [0.4, 0.5) is 0 Å². The fourth-order valence-corrected chi connectivity index (χ4v) is 7.86. The van der Waals surface area contributed by atoms with Gasteiger partial charge in [0.05, 0.1) is 41.6 Å². The molecule has 13 heteroatoms. The first-order chi connectivity index (χ1) is 23.5. The maximum atomic E-state index is 14.4. The number of carbonyl (C=O) groups is 2. The van der Waals surface area contributed by atoms with Crippen LogP contribution in [0.15, 0.2) is 33.5 Å². The number of ketones is 2. The van der Waals surface area contributed by atoms with Gasteiger partial charge in [0.15, 0.2) is 23.1 Å². The molecule has 3 fully saturated rings. The van der Waals surface area contributed by atoms with Crippen LogP contribution in [0.2, 0.25) is 0 Å². The molecule has 4 aliphatic rings. The number of methoxy groups -OCH3 is 1. The highest BCUT2D eigenvalue weighted by Gasteiger charge is 2.54. The van der Waals surface area contributed by atoms with Crippen molar-refractivity contribution in [2.24, 2.45) is 0 Å². The second kappa shape index (κ2) is 11.9. The molecule has 3 N–H and O–H groups in total. The maximum absolute atomic E-state index is 14.4. The van der Waals surface area contributed by atoms with Crippen molar-refractivity contribution < 1.29 is 53.0 Å². The van der Waals surface area contributed by atoms with Crippen molar-refractivity contribution in [1.82, 2.24) is 4.90 Å². The number of hydrogen-bond acceptors (Lipinski definition) is 13. The number of benzene rings is 2. The van der Waals surface area contributed by atoms with E-state index in [1.807, 2.05) is 39.8 Å². The fourth-order valence-electron chi connectivity index (χ4n) is 7.86. The lowest BCUT2D eigenvalue weighted by molar-refractivity contribution is -0.300. The maximum Gasteiger partial charge on any atom is 0.202 e. The predicted octanol–water partition coefficient (Wildman–Crippen LogP) is 3.68. The molecule has 0 spiro atoms. The zero-order valence-corrected chi connectivity index (χ0v) is 29.3. The van der Waals surface area contributed by atoms with Gasteiger partial charge in [-0.15, -0.1) is 0 Å². The molecule has 2 aromatic carbocycles. The van der Waals surface area contributed by atoms with E-state index in [9.17, 15) is 29.7 Å². The first kappa shape index (κ1) is 34.7. The fraction of sp³-hybridized carbons (Fsp3) is 0.541. The third-order valence-corrected chi connectivity index (χ3v) is 11.4. The number of carbonyl (C=O) groups excluding carboxylic acids is 2. The minimum atomic E-state index is -0.912. The molecule has 3 saturated heterocycles. The molecular weight excluding hydrogens is 650 g/mol. The van der Waals surface area contributed by atoms with E-state index in [1.54, 1.807) is 19.9 Å². The molecule has 3 aromatic rings. The van der Waals surface area contributed by atoms with Crippen molar-refractivity contribution in [3.05, 3.63) is 68.1 Å². The summed E-state index contributed by atoms with van der Waals surface area (Å²) < 4.78 is 36.3. The van der Waals surface area contributed by atoms with Crippen molar-refractivity contribution in [1.29, 1.82) is 0 Å². The molecule has 3 aliphatic heterocycles. The molecule has 0 amide bonds. The van der Waals surface area contributed by atoms with Crippen LogP contribution >= 0.6 is 0 Å². The summed E-state index contributed by atoms with van der Waals surface area (Å²) in [6.07, 6.45) is -3.81. The zero-order chi connectivity index (χ0) is 36.2. The van der Waals surface area contributed by atoms with E-state index in [1.165, 1.54) is 19.2 Å². The summed E-state index contributed by atoms with van der Waals surface area (Å²) in [5.41, 5.74) is -2.77. The van der Waals surface area contributed by atoms with Crippen LogP contribution in [0.5, 0.6) is 11.5 Å². The molecule has 0 bridgehead atoms. The number of ether oxygens (including phenoxy) is 5. The number of aliphatic hydroxyl groups is 1. The number of aliphatic hydroxyl groups excluding tert-OH is 1. The summed E-state index contributed by atoms with van der Waals surface area (Å²) in [5.74, 6) is -2.10. The average molecular weight is 694 g/mol. The van der Waals surface area contributed by atoms with E-state index >= 15 is 0 Å². The number of likely N-dealkylation sites (N-methyl/N-ethyl adjacent to an activating group) is 1. The highest BCUT2D eigenvalue weighted by molar-refractivity contribution is 6.32. The lowest BCUT2D eigenvalue weighted by Crippen LogP contribution is -2.62. The number of aromatic hydroxyl groups is 2. The molecule has 13 nitrogen and oxygen atoms in total. The largest absolute Gasteiger partial charge is 0.507 e. The lowest BCUT2D eigenvalue weighted by atomic mass is 9.77. The molecule has 0 saturated carbocycles. The first-order valence-corrected chi connectivity index (χ1v) is 16.8. The summed E-state index contributed by atoms with van der Waals surface area (Å²) in [4.78, 5) is 43.5. The Hall–Kier alpha value is -3.69. The molecule has 0 radical (unpaired) electrons. The van der Waals surface area contributed by atoms with Crippen molar-refractivity contribution >= 4 is 22.5 Å². The zero-order valence-electron chi connectivity index (χ0n) is 29.3. The van der Waals surface area contributed by atoms with Crippen LogP contribution < -0.4 is 5.43 Å². The van der Waals surface area contributed by atoms with Gasteiger partial charge in [0.2, 0.25) is 5.78 Å². The molecule has 7 rings (SSSR count). The van der Waals surface area contributed by atoms with Crippen LogP contribution in [0.3, 0.4) is 0 Å². The number of rotatable bonds is 6. The third-order valence-electron chi connectivity index (χ3n) is 11.4. The molecule has 4 heterocycles. The van der Waals surface area contributed by atoms with Crippen molar-refractivity contribution in [3.63, 3.8) is 0 Å². The summed E-state index contributed by atoms with van der Waals surface area (Å²) >= 11 is 0. The van der Waals surface area contributed by atoms with Crippen molar-refractivity contribution in [2.45, 2.75) is 108 Å². The smallest absolute Gasteiger partial charge is 0.202 e. The molecular formula is C37H43NO12. The van der Waals surface area contributed by atoms with Gasteiger partial charge in [-0.1, -0.05) is 6.07 Å².